The number of allylic oxidation sites excluding steroid dienone is 13. The molecule has 0 saturated carbocycles. The van der Waals surface area contributed by atoms with Gasteiger partial charge >= 0.3 is 13.8 Å². The Morgan fingerprint density at radius 2 is 0.790 bits per heavy atom. The normalized spacial score (nSPS) is 14.1. The highest BCUT2D eigenvalue weighted by molar-refractivity contribution is 7.47. The Balaban J connectivity index is 5.13. The molecule has 0 aromatic heterocycles. The van der Waals surface area contributed by atoms with Crippen molar-refractivity contribution >= 4 is 19.7 Å². The smallest absolute Gasteiger partial charge is 0.456 e. The molecule has 0 spiro atoms. The minimum atomic E-state index is -4.45. The monoisotopic (exact) mass is 1150 g/mol. The molecule has 0 saturated heterocycles. The number of rotatable bonds is 61. The van der Waals surface area contributed by atoms with Crippen molar-refractivity contribution in [2.75, 3.05) is 40.9 Å². The number of phosphoric ester groups is 1. The van der Waals surface area contributed by atoms with Crippen LogP contribution in [0.15, 0.2) is 85.1 Å². The first-order valence-electron chi connectivity index (χ1n) is 33.9. The van der Waals surface area contributed by atoms with Gasteiger partial charge in [-0.3, -0.25) is 18.6 Å². The molecule has 1 amide bonds. The number of ether oxygens (including phenoxy) is 1. The van der Waals surface area contributed by atoms with Crippen LogP contribution in [0.1, 0.15) is 303 Å². The van der Waals surface area contributed by atoms with Gasteiger partial charge in [-0.15, -0.1) is 0 Å². The first-order valence-corrected chi connectivity index (χ1v) is 35.4. The molecular formula is C71H130N2O7P+. The molecular weight excluding hydrogens is 1020 g/mol. The maximum Gasteiger partial charge on any atom is 0.472 e. The predicted octanol–water partition coefficient (Wildman–Crippen LogP) is 21.3. The summed E-state index contributed by atoms with van der Waals surface area (Å²) in [6, 6.07) is -0.853. The molecule has 0 aliphatic heterocycles. The van der Waals surface area contributed by atoms with E-state index >= 15 is 0 Å². The molecule has 0 rings (SSSR count). The van der Waals surface area contributed by atoms with Gasteiger partial charge in [0.05, 0.1) is 33.8 Å². The fourth-order valence-electron chi connectivity index (χ4n) is 9.65. The van der Waals surface area contributed by atoms with Gasteiger partial charge in [0.15, 0.2) is 0 Å². The van der Waals surface area contributed by atoms with Crippen molar-refractivity contribution in [3.8, 4) is 0 Å². The van der Waals surface area contributed by atoms with Crippen LogP contribution in [-0.2, 0) is 27.9 Å². The van der Waals surface area contributed by atoms with Crippen LogP contribution in [0.4, 0.5) is 0 Å². The number of esters is 1. The number of carbonyl (C=O) groups is 2. The first-order chi connectivity index (χ1) is 39.4. The Labute approximate surface area is 501 Å². The molecule has 0 aromatic carbocycles. The lowest BCUT2D eigenvalue weighted by molar-refractivity contribution is -0.870. The fourth-order valence-corrected chi connectivity index (χ4v) is 10.4. The third kappa shape index (κ3) is 61.6. The molecule has 0 aromatic rings. The van der Waals surface area contributed by atoms with Gasteiger partial charge in [0, 0.05) is 12.8 Å². The molecule has 0 bridgehead atoms. The first kappa shape index (κ1) is 78.2. The van der Waals surface area contributed by atoms with E-state index in [1.54, 1.807) is 0 Å². The van der Waals surface area contributed by atoms with Crippen LogP contribution in [0.25, 0.3) is 0 Å². The molecule has 0 aliphatic carbocycles. The Bertz CT molecular complexity index is 1660. The summed E-state index contributed by atoms with van der Waals surface area (Å²) in [4.78, 5) is 37.8. The van der Waals surface area contributed by atoms with E-state index in [1.165, 1.54) is 161 Å². The number of amides is 1. The van der Waals surface area contributed by atoms with Crippen molar-refractivity contribution in [2.24, 2.45) is 0 Å². The van der Waals surface area contributed by atoms with Crippen LogP contribution < -0.4 is 5.32 Å². The van der Waals surface area contributed by atoms with E-state index in [4.69, 9.17) is 13.8 Å². The van der Waals surface area contributed by atoms with Gasteiger partial charge in [0.1, 0.15) is 19.3 Å². The summed E-state index contributed by atoms with van der Waals surface area (Å²) in [5, 5.41) is 3.06. The standard InChI is InChI=1S/C71H129N2O7P/c1-7-10-13-16-19-22-25-28-30-31-32-33-34-35-36-37-38-39-40-41-43-46-49-52-55-58-61-64-71(75)80-69(62-59-56-53-50-47-44-27-24-21-18-15-12-9-3)68(67-79-81(76,77)78-66-65-73(4,5)6)72-70(74)63-60-57-54-51-48-45-42-29-26-23-20-17-14-11-8-2/h10,13,19,22,28,30,32-33,35-36,38-39,59,62,68-69H,7-9,11-12,14-18,20-21,23-27,29,31,34,37,40-58,60-61,63-67H2,1-6H3,(H-,72,74,76,77)/p+1/b13-10-,22-19-,30-28-,33-32-,36-35-,39-38-,62-59-. The predicted molar refractivity (Wildman–Crippen MR) is 351 cm³/mol. The third-order valence-electron chi connectivity index (χ3n) is 14.8. The second-order valence-corrected chi connectivity index (χ2v) is 25.4. The summed E-state index contributed by atoms with van der Waals surface area (Å²) in [5.74, 6) is -0.507. The zero-order valence-corrected chi connectivity index (χ0v) is 54.7. The molecule has 9 nitrogen and oxygen atoms in total. The lowest BCUT2D eigenvalue weighted by Gasteiger charge is -2.27. The van der Waals surface area contributed by atoms with E-state index in [0.717, 1.165) is 109 Å². The lowest BCUT2D eigenvalue weighted by Crippen LogP contribution is -2.47. The number of carbonyl (C=O) groups excluding carboxylic acids is 2. The number of likely N-dealkylation sites (N-methyl/N-ethyl adjacent to an activating group) is 1. The highest BCUT2D eigenvalue weighted by atomic mass is 31.2. The number of phosphoric acid groups is 1. The zero-order valence-electron chi connectivity index (χ0n) is 53.8. The maximum absolute atomic E-state index is 13.6. The number of nitrogens with one attached hydrogen (secondary N) is 1. The number of quaternary nitrogens is 1. The zero-order chi connectivity index (χ0) is 59.3. The highest BCUT2D eigenvalue weighted by Crippen LogP contribution is 2.43. The highest BCUT2D eigenvalue weighted by Gasteiger charge is 2.30. The summed E-state index contributed by atoms with van der Waals surface area (Å²) in [7, 11) is 1.49. The van der Waals surface area contributed by atoms with Gasteiger partial charge in [-0.2, -0.15) is 0 Å². The molecule has 3 unspecified atom stereocenters. The van der Waals surface area contributed by atoms with Gasteiger partial charge in [0.2, 0.25) is 5.91 Å². The summed E-state index contributed by atoms with van der Waals surface area (Å²) >= 11 is 0. The number of hydrogen-bond donors (Lipinski definition) is 2. The lowest BCUT2D eigenvalue weighted by atomic mass is 10.0. The van der Waals surface area contributed by atoms with E-state index in [1.807, 2.05) is 33.3 Å². The van der Waals surface area contributed by atoms with E-state index in [0.29, 0.717) is 17.4 Å². The molecule has 0 aliphatic rings. The fraction of sp³-hybridized carbons (Fsp3) is 0.775. The molecule has 0 heterocycles. The van der Waals surface area contributed by atoms with Crippen molar-refractivity contribution in [3.63, 3.8) is 0 Å². The van der Waals surface area contributed by atoms with E-state index in [9.17, 15) is 19.0 Å². The van der Waals surface area contributed by atoms with Gasteiger partial charge in [-0.1, -0.05) is 292 Å². The van der Waals surface area contributed by atoms with E-state index in [-0.39, 0.29) is 31.5 Å². The largest absolute Gasteiger partial charge is 0.472 e. The van der Waals surface area contributed by atoms with Crippen LogP contribution in [0.2, 0.25) is 0 Å². The second kappa shape index (κ2) is 60.3. The van der Waals surface area contributed by atoms with Gasteiger partial charge in [0.25, 0.3) is 0 Å². The molecule has 10 heteroatoms. The van der Waals surface area contributed by atoms with Crippen molar-refractivity contribution < 1.29 is 37.3 Å². The maximum atomic E-state index is 13.6. The van der Waals surface area contributed by atoms with Crippen LogP contribution in [0.3, 0.4) is 0 Å². The molecule has 0 radical (unpaired) electrons. The SMILES string of the molecule is CC/C=C\C/C=C\C/C=C\C/C=C\C/C=C\C/C=C\CCCCCCCCCCC(=O)OC(/C=C\CCCCCCCCCCCCC)C(COP(=O)(O)OCC[N+](C)(C)C)NC(=O)CCCCCCCCCCCCCCCCC. The van der Waals surface area contributed by atoms with Crippen LogP contribution >= 0.6 is 7.82 Å². The summed E-state index contributed by atoms with van der Waals surface area (Å²) in [6.45, 7) is 6.92. The van der Waals surface area contributed by atoms with Crippen molar-refractivity contribution in [3.05, 3.63) is 85.1 Å². The molecule has 81 heavy (non-hydrogen) atoms. The van der Waals surface area contributed by atoms with Gasteiger partial charge < -0.3 is 19.4 Å². The Kier molecular flexibility index (Phi) is 58.2. The third-order valence-corrected chi connectivity index (χ3v) is 15.8. The summed E-state index contributed by atoms with van der Waals surface area (Å²) in [6.07, 6.45) is 80.1. The Hall–Kier alpha value is -2.81. The van der Waals surface area contributed by atoms with Crippen LogP contribution in [0.5, 0.6) is 0 Å². The molecule has 470 valence electrons. The summed E-state index contributed by atoms with van der Waals surface area (Å²) in [5.41, 5.74) is 0. The topological polar surface area (TPSA) is 111 Å². The quantitative estimate of drug-likeness (QED) is 0.0205. The molecule has 2 N–H and O–H groups in total. The number of hydrogen-bond acceptors (Lipinski definition) is 6. The van der Waals surface area contributed by atoms with Crippen LogP contribution in [0, 0.1) is 0 Å². The minimum Gasteiger partial charge on any atom is -0.456 e. The van der Waals surface area contributed by atoms with Crippen LogP contribution in [-0.4, -0.2) is 74.3 Å². The number of nitrogens with zero attached hydrogens (tertiary/aromatic N) is 1. The van der Waals surface area contributed by atoms with Crippen molar-refractivity contribution in [1.82, 2.24) is 5.32 Å². The molecule has 3 atom stereocenters. The van der Waals surface area contributed by atoms with Crippen molar-refractivity contribution in [1.29, 1.82) is 0 Å². The van der Waals surface area contributed by atoms with E-state index in [2.05, 4.69) is 99.0 Å². The average Bonchev–Trinajstić information content (AvgIpc) is 3.44. The van der Waals surface area contributed by atoms with E-state index < -0.39 is 20.0 Å². The molecule has 0 fully saturated rings. The van der Waals surface area contributed by atoms with Gasteiger partial charge in [-0.05, 0) is 83.1 Å². The second-order valence-electron chi connectivity index (χ2n) is 24.0. The van der Waals surface area contributed by atoms with Crippen molar-refractivity contribution in [2.45, 2.75) is 315 Å². The number of unbranched alkanes of at least 4 members (excludes halogenated alkanes) is 33. The Morgan fingerprint density at radius 3 is 1.19 bits per heavy atom. The van der Waals surface area contributed by atoms with Gasteiger partial charge in [-0.25, -0.2) is 4.57 Å². The minimum absolute atomic E-state index is 0.0375. The average molecular weight is 1150 g/mol. The summed E-state index contributed by atoms with van der Waals surface area (Å²) < 4.78 is 30.8. The Morgan fingerprint density at radius 1 is 0.444 bits per heavy atom.